The maximum atomic E-state index is 12.4. The third-order valence-electron chi connectivity index (χ3n) is 4.04. The van der Waals surface area contributed by atoms with Crippen LogP contribution in [0.25, 0.3) is 0 Å². The highest BCUT2D eigenvalue weighted by molar-refractivity contribution is 6.09. The van der Waals surface area contributed by atoms with Crippen LogP contribution in [0.5, 0.6) is 5.75 Å². The van der Waals surface area contributed by atoms with Gasteiger partial charge in [-0.15, -0.1) is 13.2 Å². The Bertz CT molecular complexity index is 658. The molecule has 24 heavy (non-hydrogen) atoms. The number of amides is 2. The molecule has 2 amide bonds. The molecular formula is C15H15F3N2O4. The Kier molecular flexibility index (Phi) is 4.12. The Morgan fingerprint density at radius 1 is 1.29 bits per heavy atom. The molecule has 130 valence electrons. The summed E-state index contributed by atoms with van der Waals surface area (Å²) in [6, 6.07) is 5.10. The molecule has 2 saturated heterocycles. The summed E-state index contributed by atoms with van der Waals surface area (Å²) in [7, 11) is 0. The number of hydrogen-bond acceptors (Lipinski definition) is 4. The first-order chi connectivity index (χ1) is 11.2. The fraction of sp³-hybridized carbons (Fsp3) is 0.467. The minimum Gasteiger partial charge on any atom is -0.406 e. The number of alkyl halides is 3. The van der Waals surface area contributed by atoms with Crippen molar-refractivity contribution in [3.8, 4) is 5.75 Å². The first-order valence-electron chi connectivity index (χ1n) is 7.38. The van der Waals surface area contributed by atoms with E-state index in [9.17, 15) is 27.9 Å². The van der Waals surface area contributed by atoms with Crippen molar-refractivity contribution in [2.24, 2.45) is 5.92 Å². The van der Waals surface area contributed by atoms with Gasteiger partial charge in [0.25, 0.3) is 0 Å². The average Bonchev–Trinajstić information content (AvgIpc) is 2.83. The number of halogens is 3. The fourth-order valence-electron chi connectivity index (χ4n) is 2.87. The summed E-state index contributed by atoms with van der Waals surface area (Å²) in [5, 5.41) is 9.23. The van der Waals surface area contributed by atoms with Gasteiger partial charge in [0.1, 0.15) is 11.7 Å². The van der Waals surface area contributed by atoms with Crippen molar-refractivity contribution in [3.63, 3.8) is 0 Å². The van der Waals surface area contributed by atoms with Gasteiger partial charge < -0.3 is 19.6 Å². The number of β-amino-alcohol motifs (C(OH)–C–C–N with tert-alkyl or cyclic N) is 1. The second-order valence-corrected chi connectivity index (χ2v) is 5.77. The van der Waals surface area contributed by atoms with E-state index in [-0.39, 0.29) is 37.6 Å². The third-order valence-corrected chi connectivity index (χ3v) is 4.04. The first kappa shape index (κ1) is 16.6. The molecule has 1 N–H and O–H groups in total. The van der Waals surface area contributed by atoms with Gasteiger partial charge in [-0.3, -0.25) is 9.59 Å². The van der Waals surface area contributed by atoms with Crippen molar-refractivity contribution in [1.29, 1.82) is 0 Å². The van der Waals surface area contributed by atoms with Crippen molar-refractivity contribution in [1.82, 2.24) is 4.90 Å². The van der Waals surface area contributed by atoms with Crippen molar-refractivity contribution in [2.75, 3.05) is 24.5 Å². The summed E-state index contributed by atoms with van der Waals surface area (Å²) in [5.41, 5.74) is 0.251. The van der Waals surface area contributed by atoms with Crippen LogP contribution in [0.2, 0.25) is 0 Å². The molecule has 2 heterocycles. The summed E-state index contributed by atoms with van der Waals surface area (Å²) >= 11 is 0. The fourth-order valence-corrected chi connectivity index (χ4v) is 2.87. The molecule has 6 nitrogen and oxygen atoms in total. The van der Waals surface area contributed by atoms with E-state index in [2.05, 4.69) is 4.74 Å². The number of carbonyl (C=O) groups is 2. The van der Waals surface area contributed by atoms with Gasteiger partial charge in [-0.25, -0.2) is 0 Å². The molecule has 0 unspecified atom stereocenters. The van der Waals surface area contributed by atoms with Crippen LogP contribution in [0.1, 0.15) is 6.42 Å². The zero-order valence-corrected chi connectivity index (χ0v) is 12.5. The van der Waals surface area contributed by atoms with Crippen LogP contribution in [0.4, 0.5) is 18.9 Å². The van der Waals surface area contributed by atoms with E-state index in [1.807, 2.05) is 0 Å². The van der Waals surface area contributed by atoms with E-state index in [0.29, 0.717) is 0 Å². The lowest BCUT2D eigenvalue weighted by molar-refractivity contribution is -0.274. The smallest absolute Gasteiger partial charge is 0.406 e. The second kappa shape index (κ2) is 5.97. The highest BCUT2D eigenvalue weighted by Gasteiger charge is 2.42. The quantitative estimate of drug-likeness (QED) is 0.835. The van der Waals surface area contributed by atoms with E-state index in [0.717, 1.165) is 12.1 Å². The molecule has 2 aliphatic rings. The van der Waals surface area contributed by atoms with Gasteiger partial charge in [-0.05, 0) is 18.6 Å². The molecule has 1 aromatic rings. The number of rotatable bonds is 3. The number of benzene rings is 1. The Morgan fingerprint density at radius 3 is 2.62 bits per heavy atom. The summed E-state index contributed by atoms with van der Waals surface area (Å²) < 4.78 is 40.7. The molecule has 0 aliphatic carbocycles. The van der Waals surface area contributed by atoms with Crippen molar-refractivity contribution in [2.45, 2.75) is 18.9 Å². The van der Waals surface area contributed by atoms with Crippen molar-refractivity contribution < 1.29 is 32.6 Å². The number of aliphatic hydroxyl groups is 1. The van der Waals surface area contributed by atoms with Crippen LogP contribution < -0.4 is 9.64 Å². The Hall–Kier alpha value is -2.29. The summed E-state index contributed by atoms with van der Waals surface area (Å²) in [4.78, 5) is 27.3. The molecule has 0 radical (unpaired) electrons. The molecule has 2 fully saturated rings. The zero-order chi connectivity index (χ0) is 17.5. The Morgan fingerprint density at radius 2 is 2.00 bits per heavy atom. The maximum absolute atomic E-state index is 12.4. The number of nitrogens with zero attached hydrogens (tertiary/aromatic N) is 2. The van der Waals surface area contributed by atoms with Crippen molar-refractivity contribution >= 4 is 17.5 Å². The monoisotopic (exact) mass is 344 g/mol. The topological polar surface area (TPSA) is 70.1 Å². The summed E-state index contributed by atoms with van der Waals surface area (Å²) in [5.74, 6) is -2.08. The van der Waals surface area contributed by atoms with E-state index < -0.39 is 30.0 Å². The largest absolute Gasteiger partial charge is 0.573 e. The average molecular weight is 344 g/mol. The SMILES string of the molecule is O=C([C@@H]1CCN(c2cccc(OC(F)(F)F)c2)C1=O)N1CC(O)C1. The van der Waals surface area contributed by atoms with Gasteiger partial charge in [0, 0.05) is 31.4 Å². The van der Waals surface area contributed by atoms with Gasteiger partial charge in [0.2, 0.25) is 11.8 Å². The number of aliphatic hydroxyl groups excluding tert-OH is 1. The number of likely N-dealkylation sites (tertiary alicyclic amines) is 1. The molecule has 0 aromatic heterocycles. The van der Waals surface area contributed by atoms with Gasteiger partial charge in [-0.1, -0.05) is 6.07 Å². The van der Waals surface area contributed by atoms with Crippen molar-refractivity contribution in [3.05, 3.63) is 24.3 Å². The molecule has 0 spiro atoms. The van der Waals surface area contributed by atoms with E-state index in [4.69, 9.17) is 0 Å². The number of hydrogen-bond donors (Lipinski definition) is 1. The molecule has 1 atom stereocenters. The van der Waals surface area contributed by atoms with Crippen LogP contribution in [-0.2, 0) is 9.59 Å². The molecule has 0 bridgehead atoms. The van der Waals surface area contributed by atoms with Crippen LogP contribution in [0.3, 0.4) is 0 Å². The van der Waals surface area contributed by atoms with Crippen LogP contribution in [-0.4, -0.2) is 53.9 Å². The highest BCUT2D eigenvalue weighted by atomic mass is 19.4. The number of carbonyl (C=O) groups excluding carboxylic acids is 2. The number of anilines is 1. The summed E-state index contributed by atoms with van der Waals surface area (Å²) in [6.07, 6.45) is -5.09. The third kappa shape index (κ3) is 3.30. The maximum Gasteiger partial charge on any atom is 0.573 e. The molecule has 3 rings (SSSR count). The van der Waals surface area contributed by atoms with Gasteiger partial charge in [0.15, 0.2) is 0 Å². The molecular weight excluding hydrogens is 329 g/mol. The molecule has 9 heteroatoms. The Labute approximate surface area is 135 Å². The van der Waals surface area contributed by atoms with E-state index in [1.165, 1.54) is 21.9 Å². The standard InChI is InChI=1S/C15H15F3N2O4/c16-15(17,18)24-11-3-1-2-9(6-11)20-5-4-12(14(20)23)13(22)19-7-10(21)8-19/h1-3,6,10,12,21H,4-5,7-8H2/t12-/m0/s1. The lowest BCUT2D eigenvalue weighted by atomic mass is 10.0. The first-order valence-corrected chi connectivity index (χ1v) is 7.38. The van der Waals surface area contributed by atoms with Crippen LogP contribution >= 0.6 is 0 Å². The van der Waals surface area contributed by atoms with Crippen LogP contribution in [0, 0.1) is 5.92 Å². The lowest BCUT2D eigenvalue weighted by Gasteiger charge is -2.37. The minimum absolute atomic E-state index is 0.206. The highest BCUT2D eigenvalue weighted by Crippen LogP contribution is 2.31. The van der Waals surface area contributed by atoms with E-state index >= 15 is 0 Å². The van der Waals surface area contributed by atoms with Gasteiger partial charge in [-0.2, -0.15) is 0 Å². The second-order valence-electron chi connectivity index (χ2n) is 5.77. The van der Waals surface area contributed by atoms with Crippen LogP contribution in [0.15, 0.2) is 24.3 Å². The predicted molar refractivity (Wildman–Crippen MR) is 76.2 cm³/mol. The molecule has 0 saturated carbocycles. The Balaban J connectivity index is 1.71. The zero-order valence-electron chi connectivity index (χ0n) is 12.5. The lowest BCUT2D eigenvalue weighted by Crippen LogP contribution is -2.56. The van der Waals surface area contributed by atoms with E-state index in [1.54, 1.807) is 0 Å². The molecule has 1 aromatic carbocycles. The summed E-state index contributed by atoms with van der Waals surface area (Å²) in [6.45, 7) is 0.649. The normalized spacial score (nSPS) is 21.8. The number of ether oxygens (including phenoxy) is 1. The minimum atomic E-state index is -4.81. The van der Waals surface area contributed by atoms with Gasteiger partial charge in [0.05, 0.1) is 6.10 Å². The molecule has 2 aliphatic heterocycles. The predicted octanol–water partition coefficient (Wildman–Crippen LogP) is 1.14. The van der Waals surface area contributed by atoms with Gasteiger partial charge >= 0.3 is 6.36 Å².